The van der Waals surface area contributed by atoms with Crippen LogP contribution in [0.25, 0.3) is 0 Å². The Kier molecular flexibility index (Phi) is 2.73. The van der Waals surface area contributed by atoms with Gasteiger partial charge in [0.15, 0.2) is 0 Å². The average Bonchev–Trinajstić information content (AvgIpc) is 2.27. The molecule has 15 heavy (non-hydrogen) atoms. The Labute approximate surface area is 89.9 Å². The molecule has 0 aliphatic carbocycles. The van der Waals surface area contributed by atoms with Crippen LogP contribution in [-0.2, 0) is 17.8 Å². The van der Waals surface area contributed by atoms with E-state index in [1.807, 2.05) is 13.0 Å². The van der Waals surface area contributed by atoms with Crippen molar-refractivity contribution in [1.29, 1.82) is 0 Å². The first-order valence-electron chi connectivity index (χ1n) is 5.28. The van der Waals surface area contributed by atoms with Gasteiger partial charge in [-0.05, 0) is 24.5 Å². The van der Waals surface area contributed by atoms with E-state index in [9.17, 15) is 4.79 Å². The van der Waals surface area contributed by atoms with Crippen LogP contribution in [0.5, 0.6) is 0 Å². The van der Waals surface area contributed by atoms with Crippen LogP contribution in [0, 0.1) is 0 Å². The van der Waals surface area contributed by atoms with E-state index in [0.717, 1.165) is 19.5 Å². The highest BCUT2D eigenvalue weighted by Crippen LogP contribution is 2.19. The first-order valence-corrected chi connectivity index (χ1v) is 5.28. The summed E-state index contributed by atoms with van der Waals surface area (Å²) in [6, 6.07) is 8.21. The number of rotatable bonds is 2. The molecule has 0 bridgehead atoms. The quantitative estimate of drug-likeness (QED) is 0.778. The smallest absolute Gasteiger partial charge is 0.234 e. The van der Waals surface area contributed by atoms with Gasteiger partial charge in [-0.15, -0.1) is 0 Å². The van der Waals surface area contributed by atoms with Crippen LogP contribution in [0.3, 0.4) is 0 Å². The number of hydrogen-bond acceptors (Lipinski definition) is 2. The van der Waals surface area contributed by atoms with Crippen molar-refractivity contribution in [2.24, 2.45) is 5.73 Å². The predicted octanol–water partition coefficient (Wildman–Crippen LogP) is 0.918. The van der Waals surface area contributed by atoms with Gasteiger partial charge < -0.3 is 5.73 Å². The first kappa shape index (κ1) is 10.2. The average molecular weight is 204 g/mol. The van der Waals surface area contributed by atoms with Crippen molar-refractivity contribution in [3.05, 3.63) is 35.4 Å². The van der Waals surface area contributed by atoms with E-state index < -0.39 is 0 Å². The summed E-state index contributed by atoms with van der Waals surface area (Å²) in [5.74, 6) is -0.241. The van der Waals surface area contributed by atoms with Gasteiger partial charge in [-0.1, -0.05) is 24.3 Å². The lowest BCUT2D eigenvalue weighted by molar-refractivity contribution is -0.123. The van der Waals surface area contributed by atoms with Crippen molar-refractivity contribution in [2.45, 2.75) is 25.9 Å². The van der Waals surface area contributed by atoms with Crippen LogP contribution in [0.15, 0.2) is 24.3 Å². The topological polar surface area (TPSA) is 46.3 Å². The van der Waals surface area contributed by atoms with Crippen molar-refractivity contribution in [1.82, 2.24) is 4.90 Å². The van der Waals surface area contributed by atoms with Gasteiger partial charge in [-0.3, -0.25) is 9.69 Å². The number of primary amides is 1. The molecule has 0 saturated heterocycles. The van der Waals surface area contributed by atoms with E-state index >= 15 is 0 Å². The summed E-state index contributed by atoms with van der Waals surface area (Å²) in [6.07, 6.45) is 1.01. The molecule has 1 aliphatic heterocycles. The largest absolute Gasteiger partial charge is 0.368 e. The molecule has 0 fully saturated rings. The van der Waals surface area contributed by atoms with E-state index in [1.165, 1.54) is 11.1 Å². The fourth-order valence-corrected chi connectivity index (χ4v) is 2.03. The van der Waals surface area contributed by atoms with Crippen LogP contribution in [0.4, 0.5) is 0 Å². The molecule has 0 saturated carbocycles. The molecule has 1 aromatic rings. The number of fused-ring (bicyclic) bond motifs is 1. The maximum Gasteiger partial charge on any atom is 0.234 e. The van der Waals surface area contributed by atoms with E-state index in [2.05, 4.69) is 23.1 Å². The van der Waals surface area contributed by atoms with Gasteiger partial charge >= 0.3 is 0 Å². The third-order valence-electron chi connectivity index (χ3n) is 3.12. The SMILES string of the molecule is C[C@@H](C(N)=O)N1CCc2ccccc2C1. The highest BCUT2D eigenvalue weighted by molar-refractivity contribution is 5.79. The molecule has 0 radical (unpaired) electrons. The number of nitrogens with zero attached hydrogens (tertiary/aromatic N) is 1. The van der Waals surface area contributed by atoms with Gasteiger partial charge in [-0.2, -0.15) is 0 Å². The molecule has 1 amide bonds. The molecule has 1 aromatic carbocycles. The minimum atomic E-state index is -0.241. The Morgan fingerprint density at radius 2 is 2.07 bits per heavy atom. The van der Waals surface area contributed by atoms with Crippen molar-refractivity contribution in [3.63, 3.8) is 0 Å². The number of hydrogen-bond donors (Lipinski definition) is 1. The molecule has 0 aromatic heterocycles. The van der Waals surface area contributed by atoms with Gasteiger partial charge in [-0.25, -0.2) is 0 Å². The molecule has 3 nitrogen and oxygen atoms in total. The molecule has 0 unspecified atom stereocenters. The van der Waals surface area contributed by atoms with Crippen LogP contribution in [0.1, 0.15) is 18.1 Å². The molecule has 2 rings (SSSR count). The fraction of sp³-hybridized carbons (Fsp3) is 0.417. The van der Waals surface area contributed by atoms with E-state index in [1.54, 1.807) is 0 Å². The van der Waals surface area contributed by atoms with Crippen molar-refractivity contribution in [3.8, 4) is 0 Å². The molecule has 80 valence electrons. The minimum absolute atomic E-state index is 0.168. The summed E-state index contributed by atoms with van der Waals surface area (Å²) in [6.45, 7) is 3.62. The van der Waals surface area contributed by atoms with Crippen LogP contribution in [0.2, 0.25) is 0 Å². The van der Waals surface area contributed by atoms with Crippen molar-refractivity contribution < 1.29 is 4.79 Å². The minimum Gasteiger partial charge on any atom is -0.368 e. The Balaban J connectivity index is 2.15. The second kappa shape index (κ2) is 4.03. The van der Waals surface area contributed by atoms with Crippen LogP contribution in [-0.4, -0.2) is 23.4 Å². The second-order valence-corrected chi connectivity index (χ2v) is 4.07. The molecule has 0 spiro atoms. The van der Waals surface area contributed by atoms with E-state index in [0.29, 0.717) is 0 Å². The lowest BCUT2D eigenvalue weighted by Gasteiger charge is -2.31. The first-order chi connectivity index (χ1) is 7.18. The van der Waals surface area contributed by atoms with Gasteiger partial charge in [0.2, 0.25) is 5.91 Å². The van der Waals surface area contributed by atoms with Gasteiger partial charge in [0, 0.05) is 13.1 Å². The maximum atomic E-state index is 11.1. The summed E-state index contributed by atoms with van der Waals surface area (Å²) < 4.78 is 0. The van der Waals surface area contributed by atoms with E-state index in [4.69, 9.17) is 5.73 Å². The fourth-order valence-electron chi connectivity index (χ4n) is 2.03. The number of benzene rings is 1. The normalized spacial score (nSPS) is 18.2. The summed E-state index contributed by atoms with van der Waals surface area (Å²) in [7, 11) is 0. The van der Waals surface area contributed by atoms with Gasteiger partial charge in [0.05, 0.1) is 6.04 Å². The molecule has 1 atom stereocenters. The third-order valence-corrected chi connectivity index (χ3v) is 3.12. The molecular weight excluding hydrogens is 188 g/mol. The predicted molar refractivity (Wildman–Crippen MR) is 59.2 cm³/mol. The van der Waals surface area contributed by atoms with E-state index in [-0.39, 0.29) is 11.9 Å². The van der Waals surface area contributed by atoms with Gasteiger partial charge in [0.25, 0.3) is 0 Å². The highest BCUT2D eigenvalue weighted by Gasteiger charge is 2.23. The Morgan fingerprint density at radius 1 is 1.40 bits per heavy atom. The zero-order valence-corrected chi connectivity index (χ0v) is 8.94. The molecule has 1 heterocycles. The summed E-state index contributed by atoms with van der Waals surface area (Å²) >= 11 is 0. The third kappa shape index (κ3) is 2.02. The lowest BCUT2D eigenvalue weighted by Crippen LogP contribution is -2.44. The van der Waals surface area contributed by atoms with Crippen molar-refractivity contribution in [2.75, 3.05) is 6.54 Å². The van der Waals surface area contributed by atoms with Crippen LogP contribution >= 0.6 is 0 Å². The number of amides is 1. The zero-order chi connectivity index (χ0) is 10.8. The van der Waals surface area contributed by atoms with Crippen molar-refractivity contribution >= 4 is 5.91 Å². The Hall–Kier alpha value is -1.35. The number of carbonyl (C=O) groups is 1. The number of carbonyl (C=O) groups excluding carboxylic acids is 1. The highest BCUT2D eigenvalue weighted by atomic mass is 16.1. The lowest BCUT2D eigenvalue weighted by atomic mass is 9.99. The van der Waals surface area contributed by atoms with Crippen LogP contribution < -0.4 is 5.73 Å². The number of nitrogens with two attached hydrogens (primary N) is 1. The Morgan fingerprint density at radius 3 is 2.73 bits per heavy atom. The summed E-state index contributed by atoms with van der Waals surface area (Å²) in [4.78, 5) is 13.2. The summed E-state index contributed by atoms with van der Waals surface area (Å²) in [5, 5.41) is 0. The maximum absolute atomic E-state index is 11.1. The standard InChI is InChI=1S/C12H16N2O/c1-9(12(13)15)14-7-6-10-4-2-3-5-11(10)8-14/h2-5,9H,6-8H2,1H3,(H2,13,15)/t9-/m0/s1. The molecule has 1 aliphatic rings. The summed E-state index contributed by atoms with van der Waals surface area (Å²) in [5.41, 5.74) is 8.02. The molecule has 3 heteroatoms. The Bertz CT molecular complexity index is 376. The van der Waals surface area contributed by atoms with Gasteiger partial charge in [0.1, 0.15) is 0 Å². The molecular formula is C12H16N2O. The zero-order valence-electron chi connectivity index (χ0n) is 8.94. The molecule has 2 N–H and O–H groups in total. The second-order valence-electron chi connectivity index (χ2n) is 4.07. The monoisotopic (exact) mass is 204 g/mol.